The number of Topliss-reactive ketones (excluding diaryl/α,β-unsaturated/α-hetero) is 2. The second kappa shape index (κ2) is 6.34. The molecule has 3 aromatic rings. The van der Waals surface area contributed by atoms with Gasteiger partial charge in [-0.15, -0.1) is 0 Å². The minimum atomic E-state index is -0.553. The molecule has 0 amide bonds. The molecule has 27 heavy (non-hydrogen) atoms. The number of nitrogens with zero attached hydrogens (tertiary/aromatic N) is 1. The van der Waals surface area contributed by atoms with Crippen LogP contribution in [0.4, 0.5) is 5.69 Å². The van der Waals surface area contributed by atoms with E-state index in [0.717, 1.165) is 0 Å². The van der Waals surface area contributed by atoms with Crippen LogP contribution in [0.3, 0.4) is 0 Å². The minimum Gasteiger partial charge on any atom is -0.456 e. The standard InChI is InChI=1S/C20H10ClNO5/c21-11-5-7-15(17(9-11)22(25)26)18-8-6-12(27-18)10-16-19(23)13-3-1-2-4-14(13)20(16)24/h1-10H. The number of carbonyl (C=O) groups is 2. The van der Waals surface area contributed by atoms with Gasteiger partial charge in [-0.2, -0.15) is 0 Å². The molecule has 1 aliphatic carbocycles. The number of rotatable bonds is 3. The number of hydrogen-bond acceptors (Lipinski definition) is 5. The van der Waals surface area contributed by atoms with Gasteiger partial charge in [-0.25, -0.2) is 0 Å². The molecule has 132 valence electrons. The third-order valence-electron chi connectivity index (χ3n) is 4.24. The summed E-state index contributed by atoms with van der Waals surface area (Å²) >= 11 is 5.82. The fraction of sp³-hybridized carbons (Fsp3) is 0. The Morgan fingerprint density at radius 2 is 1.59 bits per heavy atom. The number of ketones is 2. The first-order valence-electron chi connectivity index (χ1n) is 7.90. The number of allylic oxidation sites excluding steroid dienone is 1. The third-order valence-corrected chi connectivity index (χ3v) is 4.48. The van der Waals surface area contributed by atoms with E-state index in [9.17, 15) is 19.7 Å². The van der Waals surface area contributed by atoms with Crippen molar-refractivity contribution in [3.05, 3.63) is 92.2 Å². The maximum Gasteiger partial charge on any atom is 0.281 e. The van der Waals surface area contributed by atoms with E-state index in [1.54, 1.807) is 36.4 Å². The zero-order chi connectivity index (χ0) is 19.1. The maximum atomic E-state index is 12.4. The highest BCUT2D eigenvalue weighted by molar-refractivity contribution is 6.41. The number of furan rings is 1. The molecule has 6 nitrogen and oxygen atoms in total. The Hall–Kier alpha value is -3.51. The van der Waals surface area contributed by atoms with Crippen LogP contribution in [0.5, 0.6) is 0 Å². The molecule has 0 fully saturated rings. The van der Waals surface area contributed by atoms with Crippen molar-refractivity contribution in [3.63, 3.8) is 0 Å². The number of nitro groups is 1. The number of halogens is 1. The number of hydrogen-bond donors (Lipinski definition) is 0. The number of benzene rings is 2. The predicted octanol–water partition coefficient (Wildman–Crippen LogP) is 4.97. The zero-order valence-electron chi connectivity index (χ0n) is 13.6. The van der Waals surface area contributed by atoms with Crippen molar-refractivity contribution >= 4 is 34.9 Å². The van der Waals surface area contributed by atoms with Crippen molar-refractivity contribution in [3.8, 4) is 11.3 Å². The highest BCUT2D eigenvalue weighted by Crippen LogP contribution is 2.34. The van der Waals surface area contributed by atoms with E-state index in [1.165, 1.54) is 24.3 Å². The van der Waals surface area contributed by atoms with Gasteiger partial charge in [0, 0.05) is 22.2 Å². The highest BCUT2D eigenvalue weighted by Gasteiger charge is 2.32. The topological polar surface area (TPSA) is 90.4 Å². The fourth-order valence-electron chi connectivity index (χ4n) is 2.99. The molecular formula is C20H10ClNO5. The average Bonchev–Trinajstić information content (AvgIpc) is 3.21. The van der Waals surface area contributed by atoms with Crippen LogP contribution in [0.2, 0.25) is 5.02 Å². The van der Waals surface area contributed by atoms with Gasteiger partial charge < -0.3 is 4.42 Å². The summed E-state index contributed by atoms with van der Waals surface area (Å²) in [4.78, 5) is 35.6. The van der Waals surface area contributed by atoms with Gasteiger partial charge in [-0.1, -0.05) is 35.9 Å². The Labute approximate surface area is 157 Å². The molecule has 1 heterocycles. The molecule has 0 N–H and O–H groups in total. The van der Waals surface area contributed by atoms with Crippen LogP contribution in [0.1, 0.15) is 26.5 Å². The second-order valence-electron chi connectivity index (χ2n) is 5.88. The van der Waals surface area contributed by atoms with Crippen molar-refractivity contribution in [1.29, 1.82) is 0 Å². The predicted molar refractivity (Wildman–Crippen MR) is 98.9 cm³/mol. The van der Waals surface area contributed by atoms with Gasteiger partial charge in [0.1, 0.15) is 11.5 Å². The van der Waals surface area contributed by atoms with Gasteiger partial charge in [0.25, 0.3) is 5.69 Å². The van der Waals surface area contributed by atoms with E-state index in [4.69, 9.17) is 16.0 Å². The number of fused-ring (bicyclic) bond motifs is 1. The molecular weight excluding hydrogens is 370 g/mol. The van der Waals surface area contributed by atoms with Crippen LogP contribution >= 0.6 is 11.6 Å². The lowest BCUT2D eigenvalue weighted by atomic mass is 10.1. The monoisotopic (exact) mass is 379 g/mol. The van der Waals surface area contributed by atoms with Crippen LogP contribution in [0.15, 0.2) is 64.6 Å². The lowest BCUT2D eigenvalue weighted by Crippen LogP contribution is -1.99. The summed E-state index contributed by atoms with van der Waals surface area (Å²) < 4.78 is 5.63. The van der Waals surface area contributed by atoms with E-state index in [-0.39, 0.29) is 44.9 Å². The van der Waals surface area contributed by atoms with Gasteiger partial charge in [0.15, 0.2) is 11.6 Å². The Balaban J connectivity index is 1.73. The molecule has 2 aromatic carbocycles. The Morgan fingerprint density at radius 1 is 0.926 bits per heavy atom. The Morgan fingerprint density at radius 3 is 2.22 bits per heavy atom. The number of nitro benzene ring substituents is 1. The van der Waals surface area contributed by atoms with Gasteiger partial charge in [-0.3, -0.25) is 19.7 Å². The Kier molecular flexibility index (Phi) is 3.97. The molecule has 7 heteroatoms. The van der Waals surface area contributed by atoms with Gasteiger partial charge in [-0.05, 0) is 30.3 Å². The first kappa shape index (κ1) is 16.9. The van der Waals surface area contributed by atoms with Crippen LogP contribution in [0.25, 0.3) is 17.4 Å². The third kappa shape index (κ3) is 2.86. The van der Waals surface area contributed by atoms with Gasteiger partial charge in [0.2, 0.25) is 0 Å². The fourth-order valence-corrected chi connectivity index (χ4v) is 3.15. The molecule has 0 radical (unpaired) electrons. The summed E-state index contributed by atoms with van der Waals surface area (Å²) in [5, 5.41) is 11.5. The van der Waals surface area contributed by atoms with Crippen molar-refractivity contribution in [1.82, 2.24) is 0 Å². The second-order valence-corrected chi connectivity index (χ2v) is 6.32. The molecule has 0 atom stereocenters. The van der Waals surface area contributed by atoms with Crippen LogP contribution in [-0.2, 0) is 0 Å². The minimum absolute atomic E-state index is 0.00251. The summed E-state index contributed by atoms with van der Waals surface area (Å²) in [6.07, 6.45) is 1.36. The molecule has 0 unspecified atom stereocenters. The van der Waals surface area contributed by atoms with E-state index < -0.39 is 4.92 Å². The first-order valence-corrected chi connectivity index (χ1v) is 8.28. The SMILES string of the molecule is O=C1C(=Cc2ccc(-c3ccc(Cl)cc3[N+](=O)[O-])o2)C(=O)c2ccccc21. The summed E-state index contributed by atoms with van der Waals surface area (Å²) in [5.41, 5.74) is 0.767. The molecule has 0 bridgehead atoms. The molecule has 1 aromatic heterocycles. The highest BCUT2D eigenvalue weighted by atomic mass is 35.5. The average molecular weight is 380 g/mol. The van der Waals surface area contributed by atoms with E-state index in [1.807, 2.05) is 0 Å². The lowest BCUT2D eigenvalue weighted by molar-refractivity contribution is -0.384. The molecule has 1 aliphatic rings. The van der Waals surface area contributed by atoms with E-state index in [0.29, 0.717) is 11.1 Å². The smallest absolute Gasteiger partial charge is 0.281 e. The summed E-state index contributed by atoms with van der Waals surface area (Å²) in [7, 11) is 0. The molecule has 0 spiro atoms. The van der Waals surface area contributed by atoms with Crippen molar-refractivity contribution < 1.29 is 18.9 Å². The van der Waals surface area contributed by atoms with E-state index in [2.05, 4.69) is 0 Å². The quantitative estimate of drug-likeness (QED) is 0.277. The summed E-state index contributed by atoms with van der Waals surface area (Å²) in [6.45, 7) is 0. The molecule has 0 aliphatic heterocycles. The number of carbonyl (C=O) groups excluding carboxylic acids is 2. The van der Waals surface area contributed by atoms with Gasteiger partial charge in [0.05, 0.1) is 16.1 Å². The zero-order valence-corrected chi connectivity index (χ0v) is 14.4. The lowest BCUT2D eigenvalue weighted by Gasteiger charge is -2.00. The van der Waals surface area contributed by atoms with Crippen LogP contribution < -0.4 is 0 Å². The van der Waals surface area contributed by atoms with Crippen LogP contribution in [-0.4, -0.2) is 16.5 Å². The first-order chi connectivity index (χ1) is 13.0. The van der Waals surface area contributed by atoms with Crippen molar-refractivity contribution in [2.45, 2.75) is 0 Å². The largest absolute Gasteiger partial charge is 0.456 e. The van der Waals surface area contributed by atoms with E-state index >= 15 is 0 Å². The van der Waals surface area contributed by atoms with Crippen molar-refractivity contribution in [2.75, 3.05) is 0 Å². The van der Waals surface area contributed by atoms with Crippen LogP contribution in [0, 0.1) is 10.1 Å². The normalized spacial score (nSPS) is 13.0. The molecule has 0 saturated carbocycles. The van der Waals surface area contributed by atoms with Gasteiger partial charge >= 0.3 is 0 Å². The van der Waals surface area contributed by atoms with Crippen molar-refractivity contribution in [2.24, 2.45) is 0 Å². The summed E-state index contributed by atoms with van der Waals surface area (Å²) in [5.74, 6) is -0.253. The Bertz CT molecular complexity index is 1120. The molecule has 4 rings (SSSR count). The maximum absolute atomic E-state index is 12.4. The summed E-state index contributed by atoms with van der Waals surface area (Å²) in [6, 6.07) is 13.9. The molecule has 0 saturated heterocycles.